The van der Waals surface area contributed by atoms with Gasteiger partial charge in [-0.15, -0.1) is 0 Å². The average Bonchev–Trinajstić information content (AvgIpc) is 2.96. The highest BCUT2D eigenvalue weighted by Gasteiger charge is 2.36. The van der Waals surface area contributed by atoms with Gasteiger partial charge in [0.25, 0.3) is 5.95 Å². The highest BCUT2D eigenvalue weighted by Crippen LogP contribution is 2.42. The Morgan fingerprint density at radius 3 is 2.26 bits per heavy atom. The second-order valence-electron chi connectivity index (χ2n) is 7.31. The lowest BCUT2D eigenvalue weighted by atomic mass is 9.85. The maximum absolute atomic E-state index is 12.8. The van der Waals surface area contributed by atoms with Crippen LogP contribution in [0.3, 0.4) is 0 Å². The Kier molecular flexibility index (Phi) is 4.06. The van der Waals surface area contributed by atoms with Gasteiger partial charge in [0.1, 0.15) is 5.82 Å². The number of aromatic nitrogens is 4. The number of rotatable bonds is 2. The molecule has 1 aliphatic rings. The molecule has 1 aromatic carbocycles. The van der Waals surface area contributed by atoms with Gasteiger partial charge in [-0.25, -0.2) is 9.97 Å². The van der Waals surface area contributed by atoms with Crippen LogP contribution in [-0.2, 0) is 4.79 Å². The molecule has 3 heterocycles. The standard InChI is InChI=1S/C21H23N5O/c1-12-6-8-16(9-7-12)17-11-18(27)25(5)20-19(17)15(4)24-26(20)21-22-13(2)10-14(3)23-21/h6-10,17H,11H2,1-5H3/t17-/m0/s1. The molecule has 0 aliphatic carbocycles. The minimum atomic E-state index is -0.0102. The third kappa shape index (κ3) is 2.91. The molecule has 0 bridgehead atoms. The van der Waals surface area contributed by atoms with E-state index in [4.69, 9.17) is 5.10 Å². The van der Waals surface area contributed by atoms with Crippen molar-refractivity contribution in [2.24, 2.45) is 0 Å². The molecule has 138 valence electrons. The molecule has 4 rings (SSSR count). The van der Waals surface area contributed by atoms with Crippen LogP contribution in [0.1, 0.15) is 46.1 Å². The lowest BCUT2D eigenvalue weighted by molar-refractivity contribution is -0.118. The average molecular weight is 361 g/mol. The van der Waals surface area contributed by atoms with Crippen LogP contribution in [0.25, 0.3) is 5.95 Å². The fourth-order valence-corrected chi connectivity index (χ4v) is 3.81. The molecule has 2 aromatic heterocycles. The zero-order valence-corrected chi connectivity index (χ0v) is 16.3. The minimum absolute atomic E-state index is 0.0102. The second-order valence-corrected chi connectivity index (χ2v) is 7.31. The third-order valence-corrected chi connectivity index (χ3v) is 5.14. The first-order chi connectivity index (χ1) is 12.8. The van der Waals surface area contributed by atoms with Crippen LogP contribution in [0, 0.1) is 27.7 Å². The fourth-order valence-electron chi connectivity index (χ4n) is 3.81. The number of hydrogen-bond donors (Lipinski definition) is 0. The van der Waals surface area contributed by atoms with Gasteiger partial charge >= 0.3 is 0 Å². The number of aryl methyl sites for hydroxylation is 4. The van der Waals surface area contributed by atoms with Crippen molar-refractivity contribution >= 4 is 11.7 Å². The molecule has 0 unspecified atom stereocenters. The molecular weight excluding hydrogens is 338 g/mol. The first-order valence-electron chi connectivity index (χ1n) is 9.10. The van der Waals surface area contributed by atoms with E-state index in [1.54, 1.807) is 16.6 Å². The summed E-state index contributed by atoms with van der Waals surface area (Å²) in [6.45, 7) is 7.93. The van der Waals surface area contributed by atoms with Crippen LogP contribution in [0.4, 0.5) is 5.82 Å². The van der Waals surface area contributed by atoms with E-state index in [9.17, 15) is 4.79 Å². The second kappa shape index (κ2) is 6.30. The normalized spacial score (nSPS) is 16.6. The number of fused-ring (bicyclic) bond motifs is 1. The summed E-state index contributed by atoms with van der Waals surface area (Å²) in [6.07, 6.45) is 0.437. The molecule has 27 heavy (non-hydrogen) atoms. The maximum Gasteiger partial charge on any atom is 0.252 e. The molecule has 6 nitrogen and oxygen atoms in total. The number of amides is 1. The van der Waals surface area contributed by atoms with Gasteiger partial charge in [-0.05, 0) is 39.3 Å². The smallest absolute Gasteiger partial charge is 0.252 e. The lowest BCUT2D eigenvalue weighted by Gasteiger charge is -2.30. The van der Waals surface area contributed by atoms with E-state index in [0.717, 1.165) is 34.0 Å². The summed E-state index contributed by atoms with van der Waals surface area (Å²) < 4.78 is 1.71. The highest BCUT2D eigenvalue weighted by molar-refractivity contribution is 5.96. The van der Waals surface area contributed by atoms with E-state index >= 15 is 0 Å². The van der Waals surface area contributed by atoms with Gasteiger partial charge in [0.15, 0.2) is 0 Å². The molecule has 0 saturated heterocycles. The van der Waals surface area contributed by atoms with Crippen molar-refractivity contribution < 1.29 is 4.79 Å². The van der Waals surface area contributed by atoms with E-state index in [1.165, 1.54) is 5.56 Å². The van der Waals surface area contributed by atoms with E-state index < -0.39 is 0 Å². The van der Waals surface area contributed by atoms with Crippen LogP contribution >= 0.6 is 0 Å². The Bertz CT molecular complexity index is 1020. The number of benzene rings is 1. The van der Waals surface area contributed by atoms with Crippen LogP contribution < -0.4 is 4.90 Å². The summed E-state index contributed by atoms with van der Waals surface area (Å²) in [6, 6.07) is 10.3. The van der Waals surface area contributed by atoms with Gasteiger partial charge in [0.05, 0.1) is 5.69 Å². The molecule has 1 amide bonds. The van der Waals surface area contributed by atoms with Crippen LogP contribution in [0.2, 0.25) is 0 Å². The highest BCUT2D eigenvalue weighted by atomic mass is 16.2. The summed E-state index contributed by atoms with van der Waals surface area (Å²) in [5, 5.41) is 4.72. The van der Waals surface area contributed by atoms with Crippen molar-refractivity contribution in [1.82, 2.24) is 19.7 Å². The summed E-state index contributed by atoms with van der Waals surface area (Å²) in [4.78, 5) is 23.6. The van der Waals surface area contributed by atoms with Crippen molar-refractivity contribution in [3.63, 3.8) is 0 Å². The molecule has 0 saturated carbocycles. The molecule has 1 aliphatic heterocycles. The molecule has 0 radical (unpaired) electrons. The summed E-state index contributed by atoms with van der Waals surface area (Å²) in [5.74, 6) is 1.32. The minimum Gasteiger partial charge on any atom is -0.299 e. The molecule has 0 spiro atoms. The summed E-state index contributed by atoms with van der Waals surface area (Å²) >= 11 is 0. The zero-order valence-electron chi connectivity index (χ0n) is 16.3. The third-order valence-electron chi connectivity index (χ3n) is 5.14. The predicted molar refractivity (Wildman–Crippen MR) is 104 cm³/mol. The van der Waals surface area contributed by atoms with E-state index in [-0.39, 0.29) is 11.8 Å². The van der Waals surface area contributed by atoms with Crippen LogP contribution in [0.15, 0.2) is 30.3 Å². The van der Waals surface area contributed by atoms with Crippen LogP contribution in [-0.4, -0.2) is 32.7 Å². The Morgan fingerprint density at radius 1 is 1.00 bits per heavy atom. The zero-order chi connectivity index (χ0) is 19.3. The summed E-state index contributed by atoms with van der Waals surface area (Å²) in [5.41, 5.74) is 6.06. The molecule has 6 heteroatoms. The number of anilines is 1. The Balaban J connectivity index is 1.93. The molecule has 0 fully saturated rings. The Labute approximate surface area is 158 Å². The predicted octanol–water partition coefficient (Wildman–Crippen LogP) is 3.39. The lowest BCUT2D eigenvalue weighted by Crippen LogP contribution is -2.35. The topological polar surface area (TPSA) is 63.9 Å². The van der Waals surface area contributed by atoms with Gasteiger partial charge in [-0.3, -0.25) is 9.69 Å². The number of carbonyl (C=O) groups is 1. The van der Waals surface area contributed by atoms with E-state index in [1.807, 2.05) is 26.8 Å². The Hall–Kier alpha value is -3.02. The van der Waals surface area contributed by atoms with Gasteiger partial charge in [-0.1, -0.05) is 29.8 Å². The SMILES string of the molecule is Cc1ccc([C@@H]2CC(=O)N(C)c3c2c(C)nn3-c2nc(C)cc(C)n2)cc1. The van der Waals surface area contributed by atoms with Crippen molar-refractivity contribution in [1.29, 1.82) is 0 Å². The number of nitrogens with zero attached hydrogens (tertiary/aromatic N) is 5. The van der Waals surface area contributed by atoms with Crippen molar-refractivity contribution in [3.05, 3.63) is 64.1 Å². The van der Waals surface area contributed by atoms with Gasteiger partial charge in [-0.2, -0.15) is 9.78 Å². The largest absolute Gasteiger partial charge is 0.299 e. The first-order valence-corrected chi connectivity index (χ1v) is 9.10. The summed E-state index contributed by atoms with van der Waals surface area (Å²) in [7, 11) is 1.80. The number of carbonyl (C=O) groups excluding carboxylic acids is 1. The van der Waals surface area contributed by atoms with Crippen LogP contribution in [0.5, 0.6) is 0 Å². The van der Waals surface area contributed by atoms with E-state index in [2.05, 4.69) is 41.2 Å². The van der Waals surface area contributed by atoms with Gasteiger partial charge in [0, 0.05) is 36.3 Å². The fraction of sp³-hybridized carbons (Fsp3) is 0.333. The van der Waals surface area contributed by atoms with Crippen molar-refractivity contribution in [2.45, 2.75) is 40.0 Å². The van der Waals surface area contributed by atoms with Gasteiger partial charge < -0.3 is 0 Å². The molecule has 0 N–H and O–H groups in total. The van der Waals surface area contributed by atoms with E-state index in [0.29, 0.717) is 12.4 Å². The first kappa shape index (κ1) is 17.4. The molecule has 1 atom stereocenters. The van der Waals surface area contributed by atoms with Crippen molar-refractivity contribution in [3.8, 4) is 5.95 Å². The quantitative estimate of drug-likeness (QED) is 0.702. The maximum atomic E-state index is 12.8. The van der Waals surface area contributed by atoms with Crippen molar-refractivity contribution in [2.75, 3.05) is 11.9 Å². The monoisotopic (exact) mass is 361 g/mol. The molecule has 3 aromatic rings. The Morgan fingerprint density at radius 2 is 1.63 bits per heavy atom. The molecular formula is C21H23N5O. The number of hydrogen-bond acceptors (Lipinski definition) is 4. The van der Waals surface area contributed by atoms with Gasteiger partial charge in [0.2, 0.25) is 5.91 Å².